The number of nitrogens with zero attached hydrogens (tertiary/aromatic N) is 5. The van der Waals surface area contributed by atoms with Crippen LogP contribution in [-0.4, -0.2) is 37.3 Å². The fourth-order valence-electron chi connectivity index (χ4n) is 4.20. The van der Waals surface area contributed by atoms with Crippen molar-refractivity contribution in [3.8, 4) is 34.0 Å². The maximum absolute atomic E-state index is 14.3. The molecule has 5 rings (SSSR count). The van der Waals surface area contributed by atoms with E-state index in [1.807, 2.05) is 0 Å². The number of aryl methyl sites for hydroxylation is 1. The molecule has 0 bridgehead atoms. The number of hydrogen-bond acceptors (Lipinski definition) is 6. The lowest BCUT2D eigenvalue weighted by Gasteiger charge is -2.19. The quantitative estimate of drug-likeness (QED) is 0.192. The molecule has 39 heavy (non-hydrogen) atoms. The van der Waals surface area contributed by atoms with E-state index in [2.05, 4.69) is 20.1 Å². The average Bonchev–Trinajstić information content (AvgIpc) is 3.32. The Morgan fingerprint density at radius 1 is 0.974 bits per heavy atom. The first kappa shape index (κ1) is 26.0. The zero-order chi connectivity index (χ0) is 27.7. The highest BCUT2D eigenvalue weighted by Gasteiger charge is 2.34. The maximum atomic E-state index is 14.3. The standard InChI is InChI=1S/C28H21F4N5O2/c1-3-39-27(38)25(17-9-11-22(33-13-17)18-10-8-16(2)12-20(18)28(30,31)32)37-15-24-23(14-34-37)35-26(36-24)19-6-4-5-7-21(19)29/h4-15,25H,3H2,1-2H3. The zero-order valence-electron chi connectivity index (χ0n) is 20.8. The number of alkyl halides is 3. The molecule has 0 aliphatic carbocycles. The summed E-state index contributed by atoms with van der Waals surface area (Å²) in [6.45, 7) is 3.32. The van der Waals surface area contributed by atoms with Gasteiger partial charge in [-0.25, -0.2) is 19.2 Å². The van der Waals surface area contributed by atoms with E-state index >= 15 is 0 Å². The predicted molar refractivity (Wildman–Crippen MR) is 134 cm³/mol. The third-order valence-corrected chi connectivity index (χ3v) is 6.03. The van der Waals surface area contributed by atoms with Crippen molar-refractivity contribution >= 4 is 5.97 Å². The van der Waals surface area contributed by atoms with Crippen LogP contribution in [0.3, 0.4) is 0 Å². The van der Waals surface area contributed by atoms with Crippen molar-refractivity contribution in [1.29, 1.82) is 0 Å². The van der Waals surface area contributed by atoms with E-state index in [4.69, 9.17) is 4.74 Å². The molecule has 7 nitrogen and oxygen atoms in total. The summed E-state index contributed by atoms with van der Waals surface area (Å²) in [5.41, 5.74) is 0.991. The summed E-state index contributed by atoms with van der Waals surface area (Å²) in [4.78, 5) is 25.9. The van der Waals surface area contributed by atoms with Crippen molar-refractivity contribution in [3.05, 3.63) is 95.7 Å². The Balaban J connectivity index is 1.54. The van der Waals surface area contributed by atoms with E-state index in [1.54, 1.807) is 38.1 Å². The summed E-state index contributed by atoms with van der Waals surface area (Å²) in [6, 6.07) is 11.9. The molecule has 2 aromatic carbocycles. The Bertz CT molecular complexity index is 1620. The average molecular weight is 536 g/mol. The van der Waals surface area contributed by atoms with Gasteiger partial charge in [-0.15, -0.1) is 0 Å². The van der Waals surface area contributed by atoms with Gasteiger partial charge >= 0.3 is 12.1 Å². The molecule has 0 spiro atoms. The summed E-state index contributed by atoms with van der Waals surface area (Å²) in [5, 5.41) is 4.30. The van der Waals surface area contributed by atoms with Crippen LogP contribution in [0.4, 0.5) is 17.6 Å². The van der Waals surface area contributed by atoms with Gasteiger partial charge in [-0.2, -0.15) is 18.3 Å². The third kappa shape index (κ3) is 5.20. The van der Waals surface area contributed by atoms with Crippen LogP contribution in [0.15, 0.2) is 73.2 Å². The van der Waals surface area contributed by atoms with Gasteiger partial charge in [0, 0.05) is 17.3 Å². The molecule has 1 atom stereocenters. The minimum absolute atomic E-state index is 0.0766. The molecule has 1 aromatic heterocycles. The van der Waals surface area contributed by atoms with Crippen LogP contribution < -0.4 is 0 Å². The number of carbonyl (C=O) groups excluding carboxylic acids is 1. The number of halogens is 4. The zero-order valence-corrected chi connectivity index (χ0v) is 20.8. The Kier molecular flexibility index (Phi) is 6.81. The molecule has 198 valence electrons. The lowest BCUT2D eigenvalue weighted by Crippen LogP contribution is -2.25. The van der Waals surface area contributed by atoms with Crippen LogP contribution >= 0.6 is 0 Å². The van der Waals surface area contributed by atoms with Gasteiger partial charge in [0.05, 0.1) is 35.8 Å². The van der Waals surface area contributed by atoms with Gasteiger partial charge in [-0.1, -0.05) is 35.9 Å². The molecule has 0 saturated carbocycles. The summed E-state index contributed by atoms with van der Waals surface area (Å²) < 4.78 is 61.8. The number of aromatic nitrogens is 5. The van der Waals surface area contributed by atoms with Gasteiger partial charge in [0.25, 0.3) is 0 Å². The van der Waals surface area contributed by atoms with Crippen LogP contribution in [0.1, 0.15) is 29.7 Å². The van der Waals surface area contributed by atoms with Crippen LogP contribution in [0.25, 0.3) is 34.0 Å². The van der Waals surface area contributed by atoms with Crippen molar-refractivity contribution in [2.45, 2.75) is 26.1 Å². The van der Waals surface area contributed by atoms with E-state index in [0.29, 0.717) is 22.5 Å². The fraction of sp³-hybridized carbons (Fsp3) is 0.179. The van der Waals surface area contributed by atoms with Crippen molar-refractivity contribution in [2.24, 2.45) is 0 Å². The van der Waals surface area contributed by atoms with Crippen LogP contribution in [-0.2, 0) is 15.7 Å². The number of benzene rings is 2. The van der Waals surface area contributed by atoms with Crippen molar-refractivity contribution in [3.63, 3.8) is 0 Å². The Hall–Kier alpha value is -4.67. The number of ether oxygens (including phenoxy) is 1. The normalized spacial score (nSPS) is 12.5. The van der Waals surface area contributed by atoms with E-state index in [1.165, 1.54) is 47.5 Å². The highest BCUT2D eigenvalue weighted by atomic mass is 19.4. The predicted octanol–water partition coefficient (Wildman–Crippen LogP) is 6.13. The molecule has 0 amide bonds. The van der Waals surface area contributed by atoms with Crippen LogP contribution in [0.5, 0.6) is 0 Å². The van der Waals surface area contributed by atoms with Gasteiger partial charge in [-0.05, 0) is 38.1 Å². The van der Waals surface area contributed by atoms with Gasteiger partial charge in [-0.3, -0.25) is 9.67 Å². The lowest BCUT2D eigenvalue weighted by molar-refractivity contribution is -0.146. The molecule has 2 aliphatic heterocycles. The molecule has 11 heteroatoms. The molecule has 0 saturated heterocycles. The number of carbonyl (C=O) groups is 1. The first-order valence-electron chi connectivity index (χ1n) is 11.9. The van der Waals surface area contributed by atoms with Crippen molar-refractivity contribution in [2.75, 3.05) is 6.61 Å². The molecular formula is C28H21F4N5O2. The number of rotatable bonds is 6. The number of hydrogen-bond donors (Lipinski definition) is 0. The summed E-state index contributed by atoms with van der Waals surface area (Å²) in [7, 11) is 0. The fourth-order valence-corrected chi connectivity index (χ4v) is 4.20. The number of esters is 1. The molecule has 0 N–H and O–H groups in total. The van der Waals surface area contributed by atoms with E-state index < -0.39 is 29.6 Å². The van der Waals surface area contributed by atoms with Crippen molar-refractivity contribution < 1.29 is 27.1 Å². The highest BCUT2D eigenvalue weighted by Crippen LogP contribution is 2.37. The van der Waals surface area contributed by atoms with E-state index in [0.717, 1.165) is 6.07 Å². The van der Waals surface area contributed by atoms with Crippen LogP contribution in [0, 0.1) is 12.7 Å². The van der Waals surface area contributed by atoms with Crippen LogP contribution in [0.2, 0.25) is 0 Å². The van der Waals surface area contributed by atoms with E-state index in [-0.39, 0.29) is 29.3 Å². The monoisotopic (exact) mass is 535 g/mol. The molecule has 0 fully saturated rings. The minimum Gasteiger partial charge on any atom is -0.464 e. The summed E-state index contributed by atoms with van der Waals surface area (Å²) in [5.74, 6) is -0.963. The van der Waals surface area contributed by atoms with Gasteiger partial charge in [0.2, 0.25) is 0 Å². The molecule has 2 aliphatic rings. The molecule has 1 unspecified atom stereocenters. The lowest BCUT2D eigenvalue weighted by atomic mass is 10.00. The first-order valence-corrected chi connectivity index (χ1v) is 11.9. The molecule has 3 aromatic rings. The third-order valence-electron chi connectivity index (χ3n) is 6.03. The Morgan fingerprint density at radius 3 is 2.44 bits per heavy atom. The number of pyridine rings is 1. The second kappa shape index (κ2) is 10.2. The number of imidazole rings is 1. The topological polar surface area (TPSA) is 82.8 Å². The molecule has 0 radical (unpaired) electrons. The Morgan fingerprint density at radius 2 is 1.74 bits per heavy atom. The summed E-state index contributed by atoms with van der Waals surface area (Å²) >= 11 is 0. The van der Waals surface area contributed by atoms with Crippen molar-refractivity contribution in [1.82, 2.24) is 24.7 Å². The van der Waals surface area contributed by atoms with Gasteiger partial charge < -0.3 is 4.74 Å². The SMILES string of the molecule is CCOC(=O)C(c1ccc(-c2ccc(C)cc2C(F)(F)F)nc1)n1cc2nc(-c3ccccc3F)nc-2cn1. The summed E-state index contributed by atoms with van der Waals surface area (Å²) in [6.07, 6.45) is -0.379. The molecular weight excluding hydrogens is 514 g/mol. The van der Waals surface area contributed by atoms with E-state index in [9.17, 15) is 22.4 Å². The molecule has 3 heterocycles. The van der Waals surface area contributed by atoms with Gasteiger partial charge in [0.15, 0.2) is 11.9 Å². The Labute approximate surface area is 220 Å². The maximum Gasteiger partial charge on any atom is 0.417 e. The highest BCUT2D eigenvalue weighted by molar-refractivity contribution is 5.78. The minimum atomic E-state index is -4.56. The van der Waals surface area contributed by atoms with Gasteiger partial charge in [0.1, 0.15) is 17.2 Å². The smallest absolute Gasteiger partial charge is 0.417 e. The second-order valence-corrected chi connectivity index (χ2v) is 8.73. The number of fused-ring (bicyclic) bond motifs is 1. The first-order chi connectivity index (χ1) is 18.7. The largest absolute Gasteiger partial charge is 0.464 e. The second-order valence-electron chi connectivity index (χ2n) is 8.73.